The molecule has 3 rings (SSSR count). The van der Waals surface area contributed by atoms with Crippen molar-refractivity contribution in [2.45, 2.75) is 6.92 Å². The van der Waals surface area contributed by atoms with Gasteiger partial charge in [-0.15, -0.1) is 0 Å². The fourth-order valence-corrected chi connectivity index (χ4v) is 2.51. The Kier molecular flexibility index (Phi) is 6.63. The number of nitrogens with one attached hydrogen (secondary N) is 1. The molecular formula is C14H17BrClN3O2. The van der Waals surface area contributed by atoms with E-state index in [-0.39, 0.29) is 0 Å². The first-order valence-corrected chi connectivity index (χ1v) is 7.91. The summed E-state index contributed by atoms with van der Waals surface area (Å²) in [6.45, 7) is 6.31. The van der Waals surface area contributed by atoms with Gasteiger partial charge in [0.1, 0.15) is 4.47 Å². The monoisotopic (exact) mass is 373 g/mol. The van der Waals surface area contributed by atoms with E-state index in [1.54, 1.807) is 18.5 Å². The van der Waals surface area contributed by atoms with E-state index in [1.165, 1.54) is 0 Å². The second-order valence-electron chi connectivity index (χ2n) is 4.23. The first-order valence-electron chi connectivity index (χ1n) is 6.74. The molecule has 0 atom stereocenters. The standard InChI is InChI=1S/C10H8BrClN2O.C4H9NO/c1-2-15-10-8(11)9-6(5-14-10)7(12)3-4-13-9;1-3-6-4-2-5-1/h3-5H,2H2,1H3;5H,1-4H2. The Morgan fingerprint density at radius 1 is 1.38 bits per heavy atom. The number of nitrogens with zero attached hydrogens (tertiary/aromatic N) is 2. The van der Waals surface area contributed by atoms with Crippen molar-refractivity contribution in [1.29, 1.82) is 0 Å². The van der Waals surface area contributed by atoms with E-state index < -0.39 is 0 Å². The summed E-state index contributed by atoms with van der Waals surface area (Å²) in [6.07, 6.45) is 3.32. The molecule has 1 aliphatic rings. The molecule has 3 heterocycles. The highest BCUT2D eigenvalue weighted by atomic mass is 79.9. The van der Waals surface area contributed by atoms with Gasteiger partial charge >= 0.3 is 0 Å². The van der Waals surface area contributed by atoms with Gasteiger partial charge in [-0.3, -0.25) is 4.98 Å². The van der Waals surface area contributed by atoms with Gasteiger partial charge in [-0.05, 0) is 28.9 Å². The van der Waals surface area contributed by atoms with Gasteiger partial charge in [-0.25, -0.2) is 4.98 Å². The van der Waals surface area contributed by atoms with Crippen molar-refractivity contribution in [3.63, 3.8) is 0 Å². The highest BCUT2D eigenvalue weighted by Crippen LogP contribution is 2.32. The molecule has 2 aromatic heterocycles. The molecule has 0 saturated carbocycles. The first kappa shape index (κ1) is 16.4. The van der Waals surface area contributed by atoms with Crippen LogP contribution in [0.4, 0.5) is 0 Å². The normalized spacial score (nSPS) is 14.4. The number of ether oxygens (including phenoxy) is 2. The van der Waals surface area contributed by atoms with Gasteiger partial charge in [0.25, 0.3) is 0 Å². The van der Waals surface area contributed by atoms with Gasteiger partial charge in [-0.1, -0.05) is 11.6 Å². The van der Waals surface area contributed by atoms with Gasteiger partial charge in [-0.2, -0.15) is 0 Å². The van der Waals surface area contributed by atoms with Crippen LogP contribution >= 0.6 is 27.5 Å². The lowest BCUT2D eigenvalue weighted by Gasteiger charge is -2.10. The molecule has 0 aliphatic carbocycles. The molecule has 0 radical (unpaired) electrons. The molecule has 1 aliphatic heterocycles. The van der Waals surface area contributed by atoms with Gasteiger partial charge in [0.2, 0.25) is 5.88 Å². The van der Waals surface area contributed by atoms with Crippen molar-refractivity contribution in [3.8, 4) is 5.88 Å². The molecule has 0 aromatic carbocycles. The summed E-state index contributed by atoms with van der Waals surface area (Å²) in [4.78, 5) is 8.40. The third-order valence-electron chi connectivity index (χ3n) is 2.77. The molecule has 0 unspecified atom stereocenters. The van der Waals surface area contributed by atoms with E-state index in [1.807, 2.05) is 6.92 Å². The summed E-state index contributed by atoms with van der Waals surface area (Å²) in [5, 5.41) is 4.61. The number of rotatable bonds is 2. The number of pyridine rings is 2. The lowest BCUT2D eigenvalue weighted by molar-refractivity contribution is 0.109. The zero-order valence-corrected chi connectivity index (χ0v) is 14.1. The van der Waals surface area contributed by atoms with Crippen LogP contribution in [-0.4, -0.2) is 42.9 Å². The zero-order chi connectivity index (χ0) is 15.1. The fourth-order valence-electron chi connectivity index (χ4n) is 1.78. The summed E-state index contributed by atoms with van der Waals surface area (Å²) in [5.74, 6) is 0.541. The maximum absolute atomic E-state index is 6.02. The van der Waals surface area contributed by atoms with Crippen LogP contribution in [0.25, 0.3) is 10.9 Å². The lowest BCUT2D eigenvalue weighted by atomic mass is 10.3. The topological polar surface area (TPSA) is 56.3 Å². The molecular weight excluding hydrogens is 358 g/mol. The molecule has 5 nitrogen and oxygen atoms in total. The smallest absolute Gasteiger partial charge is 0.230 e. The van der Waals surface area contributed by atoms with Crippen LogP contribution in [-0.2, 0) is 4.74 Å². The molecule has 0 spiro atoms. The Bertz CT molecular complexity index is 582. The maximum Gasteiger partial charge on any atom is 0.230 e. The molecule has 1 fully saturated rings. The van der Waals surface area contributed by atoms with E-state index in [0.717, 1.165) is 41.7 Å². The van der Waals surface area contributed by atoms with Crippen LogP contribution in [0.5, 0.6) is 5.88 Å². The van der Waals surface area contributed by atoms with Crippen LogP contribution in [0.2, 0.25) is 5.02 Å². The van der Waals surface area contributed by atoms with Gasteiger partial charge in [0, 0.05) is 30.9 Å². The minimum atomic E-state index is 0.541. The average Bonchev–Trinajstić information content (AvgIpc) is 2.53. The van der Waals surface area contributed by atoms with E-state index in [0.29, 0.717) is 17.5 Å². The third kappa shape index (κ3) is 4.51. The first-order chi connectivity index (χ1) is 10.2. The Balaban J connectivity index is 0.000000225. The largest absolute Gasteiger partial charge is 0.477 e. The van der Waals surface area contributed by atoms with Crippen molar-refractivity contribution >= 4 is 38.4 Å². The third-order valence-corrected chi connectivity index (χ3v) is 3.82. The maximum atomic E-state index is 6.02. The van der Waals surface area contributed by atoms with E-state index in [9.17, 15) is 0 Å². The molecule has 0 bridgehead atoms. The number of hydrogen-bond acceptors (Lipinski definition) is 5. The number of aromatic nitrogens is 2. The van der Waals surface area contributed by atoms with Crippen LogP contribution in [0.1, 0.15) is 6.92 Å². The quantitative estimate of drug-likeness (QED) is 0.875. The minimum absolute atomic E-state index is 0.541. The Morgan fingerprint density at radius 2 is 2.14 bits per heavy atom. The summed E-state index contributed by atoms with van der Waals surface area (Å²) >= 11 is 9.43. The van der Waals surface area contributed by atoms with Crippen molar-refractivity contribution in [1.82, 2.24) is 15.3 Å². The predicted molar refractivity (Wildman–Crippen MR) is 87.1 cm³/mol. The van der Waals surface area contributed by atoms with Crippen LogP contribution < -0.4 is 10.1 Å². The number of hydrogen-bond donors (Lipinski definition) is 1. The molecule has 0 amide bonds. The Labute approximate surface area is 137 Å². The van der Waals surface area contributed by atoms with Crippen LogP contribution in [0.3, 0.4) is 0 Å². The van der Waals surface area contributed by atoms with E-state index in [2.05, 4.69) is 31.2 Å². The lowest BCUT2D eigenvalue weighted by Crippen LogP contribution is -2.30. The molecule has 7 heteroatoms. The second-order valence-corrected chi connectivity index (χ2v) is 5.43. The molecule has 1 N–H and O–H groups in total. The van der Waals surface area contributed by atoms with Crippen molar-refractivity contribution in [2.75, 3.05) is 32.9 Å². The van der Waals surface area contributed by atoms with E-state index in [4.69, 9.17) is 21.1 Å². The highest BCUT2D eigenvalue weighted by Gasteiger charge is 2.10. The zero-order valence-electron chi connectivity index (χ0n) is 11.7. The minimum Gasteiger partial charge on any atom is -0.477 e. The second kappa shape index (κ2) is 8.48. The van der Waals surface area contributed by atoms with Gasteiger partial charge in [0.15, 0.2) is 0 Å². The molecule has 2 aromatic rings. The predicted octanol–water partition coefficient (Wildman–Crippen LogP) is 3.05. The van der Waals surface area contributed by atoms with Crippen molar-refractivity contribution < 1.29 is 9.47 Å². The Morgan fingerprint density at radius 3 is 2.71 bits per heavy atom. The summed E-state index contributed by atoms with van der Waals surface area (Å²) in [5.41, 5.74) is 0.765. The SMILES string of the molecule is C1COCCN1.CCOc1ncc2c(Cl)ccnc2c1Br. The molecule has 114 valence electrons. The highest BCUT2D eigenvalue weighted by molar-refractivity contribution is 9.10. The summed E-state index contributed by atoms with van der Waals surface area (Å²) in [7, 11) is 0. The van der Waals surface area contributed by atoms with Gasteiger partial charge < -0.3 is 14.8 Å². The number of halogens is 2. The number of morpholine rings is 1. The van der Waals surface area contributed by atoms with Crippen molar-refractivity contribution in [3.05, 3.63) is 28.0 Å². The summed E-state index contributed by atoms with van der Waals surface area (Å²) in [6, 6.07) is 1.73. The number of fused-ring (bicyclic) bond motifs is 1. The van der Waals surface area contributed by atoms with Crippen molar-refractivity contribution in [2.24, 2.45) is 0 Å². The molecule has 21 heavy (non-hydrogen) atoms. The average molecular weight is 375 g/mol. The summed E-state index contributed by atoms with van der Waals surface area (Å²) < 4.78 is 11.1. The van der Waals surface area contributed by atoms with E-state index >= 15 is 0 Å². The Hall–Kier alpha value is -0.950. The van der Waals surface area contributed by atoms with Crippen LogP contribution in [0, 0.1) is 0 Å². The van der Waals surface area contributed by atoms with Gasteiger partial charge in [0.05, 0.1) is 30.4 Å². The fraction of sp³-hybridized carbons (Fsp3) is 0.429. The van der Waals surface area contributed by atoms with Crippen LogP contribution in [0.15, 0.2) is 22.9 Å². The molecule has 1 saturated heterocycles.